The van der Waals surface area contributed by atoms with Gasteiger partial charge in [-0.25, -0.2) is 4.39 Å². The topological polar surface area (TPSA) is 26.0 Å². The Kier molecular flexibility index (Phi) is 3.25. The van der Waals surface area contributed by atoms with Crippen molar-refractivity contribution in [3.8, 4) is 0 Å². The van der Waals surface area contributed by atoms with Gasteiger partial charge in [-0.15, -0.1) is 0 Å². The molecule has 0 spiro atoms. The molecular weight excluding hydrogens is 213 g/mol. The first-order valence-electron chi connectivity index (χ1n) is 5.66. The molecule has 0 aliphatic carbocycles. The van der Waals surface area contributed by atoms with Crippen molar-refractivity contribution >= 4 is 0 Å². The van der Waals surface area contributed by atoms with Gasteiger partial charge in [0, 0.05) is 0 Å². The summed E-state index contributed by atoms with van der Waals surface area (Å²) in [6.45, 7) is 3.79. The minimum Gasteiger partial charge on any atom is -0.320 e. The summed E-state index contributed by atoms with van der Waals surface area (Å²) in [6.07, 6.45) is 0. The lowest BCUT2D eigenvalue weighted by Gasteiger charge is -2.13. The van der Waals surface area contributed by atoms with Crippen LogP contribution in [-0.2, 0) is 0 Å². The van der Waals surface area contributed by atoms with Crippen LogP contribution in [0.3, 0.4) is 0 Å². The molecule has 2 aromatic rings. The Balaban J connectivity index is 2.33. The first-order valence-corrected chi connectivity index (χ1v) is 5.66. The van der Waals surface area contributed by atoms with Gasteiger partial charge in [-0.1, -0.05) is 42.0 Å². The second-order valence-electron chi connectivity index (χ2n) is 4.40. The Hall–Kier alpha value is -1.67. The van der Waals surface area contributed by atoms with Gasteiger partial charge in [0.15, 0.2) is 0 Å². The van der Waals surface area contributed by atoms with Crippen LogP contribution < -0.4 is 5.73 Å². The van der Waals surface area contributed by atoms with E-state index in [2.05, 4.69) is 0 Å². The van der Waals surface area contributed by atoms with Gasteiger partial charge in [0.2, 0.25) is 0 Å². The Morgan fingerprint density at radius 1 is 0.941 bits per heavy atom. The van der Waals surface area contributed by atoms with Crippen molar-refractivity contribution in [1.29, 1.82) is 0 Å². The summed E-state index contributed by atoms with van der Waals surface area (Å²) in [5, 5.41) is 0. The molecule has 17 heavy (non-hydrogen) atoms. The summed E-state index contributed by atoms with van der Waals surface area (Å²) < 4.78 is 13.2. The Morgan fingerprint density at radius 2 is 1.53 bits per heavy atom. The molecule has 1 atom stereocenters. The SMILES string of the molecule is Cc1ccc(C(N)c2ccc(F)c(C)c2)cc1. The van der Waals surface area contributed by atoms with Gasteiger partial charge in [0.25, 0.3) is 0 Å². The number of halogens is 1. The molecule has 2 rings (SSSR count). The van der Waals surface area contributed by atoms with Crippen LogP contribution in [-0.4, -0.2) is 0 Å². The molecule has 88 valence electrons. The number of hydrogen-bond donors (Lipinski definition) is 1. The minimum atomic E-state index is -0.199. The molecule has 1 nitrogen and oxygen atoms in total. The average Bonchev–Trinajstić information content (AvgIpc) is 2.33. The molecule has 0 aliphatic heterocycles. The van der Waals surface area contributed by atoms with Crippen LogP contribution in [0.25, 0.3) is 0 Å². The van der Waals surface area contributed by atoms with Crippen molar-refractivity contribution in [3.63, 3.8) is 0 Å². The van der Waals surface area contributed by atoms with Gasteiger partial charge < -0.3 is 5.73 Å². The van der Waals surface area contributed by atoms with E-state index in [1.54, 1.807) is 19.1 Å². The molecule has 0 aromatic heterocycles. The molecule has 1 unspecified atom stereocenters. The normalized spacial score (nSPS) is 12.5. The quantitative estimate of drug-likeness (QED) is 0.838. The summed E-state index contributed by atoms with van der Waals surface area (Å²) in [6, 6.07) is 12.9. The molecule has 2 heteroatoms. The zero-order valence-electron chi connectivity index (χ0n) is 10.1. The van der Waals surface area contributed by atoms with Crippen LogP contribution in [0.2, 0.25) is 0 Å². The number of hydrogen-bond acceptors (Lipinski definition) is 1. The maximum Gasteiger partial charge on any atom is 0.126 e. The van der Waals surface area contributed by atoms with Gasteiger partial charge in [-0.2, -0.15) is 0 Å². The lowest BCUT2D eigenvalue weighted by Crippen LogP contribution is -2.12. The Morgan fingerprint density at radius 3 is 2.12 bits per heavy atom. The van der Waals surface area contributed by atoms with Gasteiger partial charge >= 0.3 is 0 Å². The van der Waals surface area contributed by atoms with E-state index in [9.17, 15) is 4.39 Å². The molecular formula is C15H16FN. The average molecular weight is 229 g/mol. The number of benzene rings is 2. The van der Waals surface area contributed by atoms with Crippen LogP contribution in [0.15, 0.2) is 42.5 Å². The summed E-state index contributed by atoms with van der Waals surface area (Å²) >= 11 is 0. The molecule has 0 aliphatic rings. The largest absolute Gasteiger partial charge is 0.320 e. The molecule has 0 saturated carbocycles. The van der Waals surface area contributed by atoms with Gasteiger partial charge in [-0.3, -0.25) is 0 Å². The van der Waals surface area contributed by atoms with Crippen molar-refractivity contribution in [1.82, 2.24) is 0 Å². The van der Waals surface area contributed by atoms with E-state index in [0.29, 0.717) is 5.56 Å². The van der Waals surface area contributed by atoms with Gasteiger partial charge in [0.05, 0.1) is 6.04 Å². The third kappa shape index (κ3) is 2.53. The molecule has 0 fully saturated rings. The van der Waals surface area contributed by atoms with E-state index in [-0.39, 0.29) is 11.9 Å². The molecule has 0 radical (unpaired) electrons. The summed E-state index contributed by atoms with van der Waals surface area (Å²) in [7, 11) is 0. The van der Waals surface area contributed by atoms with E-state index >= 15 is 0 Å². The molecule has 2 N–H and O–H groups in total. The fourth-order valence-corrected chi connectivity index (χ4v) is 1.83. The first kappa shape index (κ1) is 11.8. The van der Waals surface area contributed by atoms with Crippen LogP contribution in [0, 0.1) is 19.7 Å². The Bertz CT molecular complexity index is 517. The fraction of sp³-hybridized carbons (Fsp3) is 0.200. The number of rotatable bonds is 2. The lowest BCUT2D eigenvalue weighted by molar-refractivity contribution is 0.617. The van der Waals surface area contributed by atoms with Crippen molar-refractivity contribution in [2.24, 2.45) is 5.73 Å². The third-order valence-electron chi connectivity index (χ3n) is 2.98. The van der Waals surface area contributed by atoms with Crippen LogP contribution in [0.4, 0.5) is 4.39 Å². The van der Waals surface area contributed by atoms with Gasteiger partial charge in [-0.05, 0) is 36.6 Å². The van der Waals surface area contributed by atoms with Crippen LogP contribution in [0.1, 0.15) is 28.3 Å². The second kappa shape index (κ2) is 4.68. The van der Waals surface area contributed by atoms with Gasteiger partial charge in [0.1, 0.15) is 5.82 Å². The van der Waals surface area contributed by atoms with Crippen LogP contribution in [0.5, 0.6) is 0 Å². The van der Waals surface area contributed by atoms with E-state index in [1.165, 1.54) is 11.6 Å². The molecule has 0 bridgehead atoms. The highest BCUT2D eigenvalue weighted by atomic mass is 19.1. The van der Waals surface area contributed by atoms with Crippen molar-refractivity contribution < 1.29 is 4.39 Å². The second-order valence-corrected chi connectivity index (χ2v) is 4.40. The summed E-state index contributed by atoms with van der Waals surface area (Å²) in [5.41, 5.74) is 9.98. The first-order chi connectivity index (χ1) is 8.08. The van der Waals surface area contributed by atoms with Crippen LogP contribution >= 0.6 is 0 Å². The number of nitrogens with two attached hydrogens (primary N) is 1. The molecule has 2 aromatic carbocycles. The molecule has 0 saturated heterocycles. The highest BCUT2D eigenvalue weighted by Gasteiger charge is 2.09. The lowest BCUT2D eigenvalue weighted by atomic mass is 9.97. The minimum absolute atomic E-state index is 0.190. The van der Waals surface area contributed by atoms with Crippen molar-refractivity contribution in [2.75, 3.05) is 0 Å². The predicted octanol–water partition coefficient (Wildman–Crippen LogP) is 3.49. The maximum absolute atomic E-state index is 13.2. The fourth-order valence-electron chi connectivity index (χ4n) is 1.83. The molecule has 0 amide bonds. The summed E-state index contributed by atoms with van der Waals surface area (Å²) in [4.78, 5) is 0. The summed E-state index contributed by atoms with van der Waals surface area (Å²) in [5.74, 6) is -0.190. The zero-order chi connectivity index (χ0) is 12.4. The highest BCUT2D eigenvalue weighted by Crippen LogP contribution is 2.21. The van der Waals surface area contributed by atoms with Crippen molar-refractivity contribution in [3.05, 3.63) is 70.5 Å². The van der Waals surface area contributed by atoms with E-state index in [4.69, 9.17) is 5.73 Å². The Labute approximate surface area is 101 Å². The monoisotopic (exact) mass is 229 g/mol. The molecule has 0 heterocycles. The standard InChI is InChI=1S/C15H16FN/c1-10-3-5-12(6-4-10)15(17)13-7-8-14(16)11(2)9-13/h3-9,15H,17H2,1-2H3. The smallest absolute Gasteiger partial charge is 0.126 e. The highest BCUT2D eigenvalue weighted by molar-refractivity contribution is 5.35. The van der Waals surface area contributed by atoms with E-state index in [1.807, 2.05) is 31.2 Å². The number of aryl methyl sites for hydroxylation is 2. The maximum atomic E-state index is 13.2. The van der Waals surface area contributed by atoms with Crippen molar-refractivity contribution in [2.45, 2.75) is 19.9 Å². The van der Waals surface area contributed by atoms with E-state index in [0.717, 1.165) is 11.1 Å². The zero-order valence-corrected chi connectivity index (χ0v) is 10.1. The van der Waals surface area contributed by atoms with E-state index < -0.39 is 0 Å². The third-order valence-corrected chi connectivity index (χ3v) is 2.98. The predicted molar refractivity (Wildman–Crippen MR) is 68.3 cm³/mol.